The number of rotatable bonds is 3. The predicted octanol–water partition coefficient (Wildman–Crippen LogP) is 2.89. The molecular formula is C19H18N6O3. The largest absolute Gasteiger partial charge is 0.365 e. The third kappa shape index (κ3) is 3.54. The summed E-state index contributed by atoms with van der Waals surface area (Å²) in [6.07, 6.45) is 4.97. The summed E-state index contributed by atoms with van der Waals surface area (Å²) in [5.74, 6) is -0.174. The number of urea groups is 1. The molecule has 9 heteroatoms. The average molecular weight is 378 g/mol. The van der Waals surface area contributed by atoms with Crippen molar-refractivity contribution >= 4 is 34.0 Å². The number of hydrogen-bond donors (Lipinski definition) is 1. The molecule has 1 N–H and O–H groups in total. The Morgan fingerprint density at radius 3 is 2.61 bits per heavy atom. The number of nitrogens with zero attached hydrogens (tertiary/aromatic N) is 5. The van der Waals surface area contributed by atoms with Crippen molar-refractivity contribution < 1.29 is 9.72 Å². The fourth-order valence-corrected chi connectivity index (χ4v) is 3.27. The summed E-state index contributed by atoms with van der Waals surface area (Å²) < 4.78 is 0. The molecule has 0 radical (unpaired) electrons. The van der Waals surface area contributed by atoms with Crippen molar-refractivity contribution in [1.29, 1.82) is 0 Å². The topological polar surface area (TPSA) is 105 Å². The SMILES string of the molecule is O=C(Nc1cccc2cnccc12)N1CCN(c2ccc([N+](=O)[O-])nc2)CC1. The van der Waals surface area contributed by atoms with Crippen LogP contribution < -0.4 is 10.2 Å². The van der Waals surface area contributed by atoms with Gasteiger partial charge in [0, 0.05) is 55.4 Å². The molecule has 4 rings (SSSR count). The number of carbonyl (C=O) groups is 1. The number of pyridine rings is 2. The summed E-state index contributed by atoms with van der Waals surface area (Å²) in [7, 11) is 0. The Labute approximate surface area is 160 Å². The number of nitro groups is 1. The molecule has 0 aliphatic carbocycles. The maximum atomic E-state index is 12.7. The number of amides is 2. The van der Waals surface area contributed by atoms with E-state index in [1.807, 2.05) is 24.3 Å². The first-order valence-corrected chi connectivity index (χ1v) is 8.86. The summed E-state index contributed by atoms with van der Waals surface area (Å²) in [6.45, 7) is 2.36. The first-order chi connectivity index (χ1) is 13.6. The highest BCUT2D eigenvalue weighted by Gasteiger charge is 2.23. The lowest BCUT2D eigenvalue weighted by molar-refractivity contribution is -0.389. The van der Waals surface area contributed by atoms with Crippen LogP contribution in [0.4, 0.5) is 22.0 Å². The van der Waals surface area contributed by atoms with E-state index >= 15 is 0 Å². The lowest BCUT2D eigenvalue weighted by Gasteiger charge is -2.35. The van der Waals surface area contributed by atoms with Crippen LogP contribution in [0.15, 0.2) is 55.0 Å². The summed E-state index contributed by atoms with van der Waals surface area (Å²) in [5, 5.41) is 15.6. The van der Waals surface area contributed by atoms with Crippen molar-refractivity contribution in [1.82, 2.24) is 14.9 Å². The van der Waals surface area contributed by atoms with Crippen LogP contribution in [0.2, 0.25) is 0 Å². The van der Waals surface area contributed by atoms with Gasteiger partial charge in [-0.1, -0.05) is 12.1 Å². The Bertz CT molecular complexity index is 1010. The third-order valence-corrected chi connectivity index (χ3v) is 4.77. The molecule has 1 fully saturated rings. The number of nitrogens with one attached hydrogen (secondary N) is 1. The van der Waals surface area contributed by atoms with Gasteiger partial charge in [-0.3, -0.25) is 4.98 Å². The second-order valence-corrected chi connectivity index (χ2v) is 6.44. The number of carbonyl (C=O) groups excluding carboxylic acids is 1. The number of benzene rings is 1. The molecule has 1 aromatic carbocycles. The highest BCUT2D eigenvalue weighted by molar-refractivity contribution is 6.01. The number of fused-ring (bicyclic) bond motifs is 1. The van der Waals surface area contributed by atoms with Crippen molar-refractivity contribution in [2.75, 3.05) is 36.4 Å². The Morgan fingerprint density at radius 1 is 1.07 bits per heavy atom. The van der Waals surface area contributed by atoms with Crippen LogP contribution in [0.1, 0.15) is 0 Å². The minimum absolute atomic E-state index is 0.147. The molecule has 1 saturated heterocycles. The molecule has 0 unspecified atom stereocenters. The molecule has 0 spiro atoms. The van der Waals surface area contributed by atoms with Crippen LogP contribution in [-0.4, -0.2) is 52.0 Å². The van der Waals surface area contributed by atoms with Gasteiger partial charge in [-0.25, -0.2) is 4.79 Å². The van der Waals surface area contributed by atoms with Gasteiger partial charge in [0.1, 0.15) is 0 Å². The quantitative estimate of drug-likeness (QED) is 0.555. The van der Waals surface area contributed by atoms with Crippen LogP contribution in [0.3, 0.4) is 0 Å². The van der Waals surface area contributed by atoms with Crippen LogP contribution in [0.25, 0.3) is 10.8 Å². The second kappa shape index (κ2) is 7.47. The van der Waals surface area contributed by atoms with E-state index in [9.17, 15) is 14.9 Å². The minimum atomic E-state index is -0.518. The zero-order chi connectivity index (χ0) is 19.5. The molecule has 9 nitrogen and oxygen atoms in total. The van der Waals surface area contributed by atoms with Crippen LogP contribution in [-0.2, 0) is 0 Å². The van der Waals surface area contributed by atoms with Gasteiger partial charge in [-0.2, -0.15) is 0 Å². The normalized spacial score (nSPS) is 14.1. The van der Waals surface area contributed by atoms with E-state index in [4.69, 9.17) is 0 Å². The van der Waals surface area contributed by atoms with Crippen molar-refractivity contribution in [3.63, 3.8) is 0 Å². The van der Waals surface area contributed by atoms with Gasteiger partial charge in [0.15, 0.2) is 6.20 Å². The van der Waals surface area contributed by atoms with Gasteiger partial charge in [0.05, 0.1) is 11.4 Å². The van der Waals surface area contributed by atoms with E-state index in [0.717, 1.165) is 22.1 Å². The average Bonchev–Trinajstić information content (AvgIpc) is 2.74. The van der Waals surface area contributed by atoms with Crippen LogP contribution in [0.5, 0.6) is 0 Å². The standard InChI is InChI=1S/C19H18N6O3/c26-19(22-17-3-1-2-14-12-20-7-6-16(14)17)24-10-8-23(9-11-24)15-4-5-18(21-13-15)25(27)28/h1-7,12-13H,8-11H2,(H,22,26). The first kappa shape index (κ1) is 17.7. The van der Waals surface area contributed by atoms with Crippen LogP contribution >= 0.6 is 0 Å². The zero-order valence-electron chi connectivity index (χ0n) is 15.0. The fraction of sp³-hybridized carbons (Fsp3) is 0.211. The number of hydrogen-bond acceptors (Lipinski definition) is 6. The van der Waals surface area contributed by atoms with Crippen LogP contribution in [0, 0.1) is 10.1 Å². The monoisotopic (exact) mass is 378 g/mol. The summed E-state index contributed by atoms with van der Waals surface area (Å²) in [6, 6.07) is 10.5. The minimum Gasteiger partial charge on any atom is -0.365 e. The third-order valence-electron chi connectivity index (χ3n) is 4.77. The van der Waals surface area contributed by atoms with E-state index in [1.54, 1.807) is 23.4 Å². The molecule has 3 heterocycles. The molecule has 2 amide bonds. The van der Waals surface area contributed by atoms with Gasteiger partial charge >= 0.3 is 11.8 Å². The maximum Gasteiger partial charge on any atom is 0.363 e. The molecule has 3 aromatic rings. The number of piperazine rings is 1. The van der Waals surface area contributed by atoms with E-state index in [1.165, 1.54) is 12.3 Å². The summed E-state index contributed by atoms with van der Waals surface area (Å²) in [5.41, 5.74) is 1.57. The zero-order valence-corrected chi connectivity index (χ0v) is 15.0. The highest BCUT2D eigenvalue weighted by Crippen LogP contribution is 2.23. The molecular weight excluding hydrogens is 360 g/mol. The Kier molecular flexibility index (Phi) is 4.71. The summed E-state index contributed by atoms with van der Waals surface area (Å²) >= 11 is 0. The fourth-order valence-electron chi connectivity index (χ4n) is 3.27. The molecule has 142 valence electrons. The maximum absolute atomic E-state index is 12.7. The highest BCUT2D eigenvalue weighted by atomic mass is 16.6. The molecule has 1 aliphatic heterocycles. The molecule has 0 atom stereocenters. The number of aromatic nitrogens is 2. The van der Waals surface area contributed by atoms with Gasteiger partial charge in [-0.15, -0.1) is 0 Å². The molecule has 2 aromatic heterocycles. The molecule has 1 aliphatic rings. The van der Waals surface area contributed by atoms with E-state index in [2.05, 4.69) is 20.2 Å². The van der Waals surface area contributed by atoms with Crippen molar-refractivity contribution in [3.8, 4) is 0 Å². The predicted molar refractivity (Wildman–Crippen MR) is 105 cm³/mol. The molecule has 28 heavy (non-hydrogen) atoms. The van der Waals surface area contributed by atoms with Gasteiger partial charge in [0.2, 0.25) is 0 Å². The molecule has 0 saturated carbocycles. The van der Waals surface area contributed by atoms with Crippen molar-refractivity contribution in [2.24, 2.45) is 0 Å². The Balaban J connectivity index is 1.39. The molecule has 0 bridgehead atoms. The Morgan fingerprint density at radius 2 is 1.89 bits per heavy atom. The van der Waals surface area contributed by atoms with Gasteiger partial charge in [0.25, 0.3) is 0 Å². The van der Waals surface area contributed by atoms with Crippen molar-refractivity contribution in [2.45, 2.75) is 0 Å². The second-order valence-electron chi connectivity index (χ2n) is 6.44. The lowest BCUT2D eigenvalue weighted by atomic mass is 10.1. The Hall–Kier alpha value is -3.75. The first-order valence-electron chi connectivity index (χ1n) is 8.86. The summed E-state index contributed by atoms with van der Waals surface area (Å²) in [4.78, 5) is 34.6. The van der Waals surface area contributed by atoms with E-state index in [-0.39, 0.29) is 11.8 Å². The lowest BCUT2D eigenvalue weighted by Crippen LogP contribution is -2.50. The van der Waals surface area contributed by atoms with E-state index in [0.29, 0.717) is 26.2 Å². The van der Waals surface area contributed by atoms with Gasteiger partial charge in [-0.05, 0) is 28.1 Å². The van der Waals surface area contributed by atoms with Gasteiger partial charge < -0.3 is 25.2 Å². The smallest absolute Gasteiger partial charge is 0.363 e. The van der Waals surface area contributed by atoms with E-state index < -0.39 is 4.92 Å². The van der Waals surface area contributed by atoms with Crippen molar-refractivity contribution in [3.05, 3.63) is 65.1 Å². The number of anilines is 2.